The van der Waals surface area contributed by atoms with Crippen molar-refractivity contribution in [2.24, 2.45) is 5.92 Å². The molecule has 1 aliphatic rings. The van der Waals surface area contributed by atoms with E-state index >= 15 is 0 Å². The second-order valence-corrected chi connectivity index (χ2v) is 4.33. The molecular formula is C9H11NO2S. The van der Waals surface area contributed by atoms with Crippen LogP contribution in [0, 0.1) is 5.92 Å². The highest BCUT2D eigenvalue weighted by Crippen LogP contribution is 2.33. The van der Waals surface area contributed by atoms with Gasteiger partial charge in [-0.15, -0.1) is 11.3 Å². The molecule has 1 unspecified atom stereocenters. The van der Waals surface area contributed by atoms with Crippen molar-refractivity contribution in [3.63, 3.8) is 0 Å². The Hall–Kier alpha value is -0.740. The Labute approximate surface area is 80.4 Å². The topological polar surface area (TPSA) is 50.2 Å². The first kappa shape index (κ1) is 8.84. The van der Waals surface area contributed by atoms with Crippen molar-refractivity contribution in [2.75, 3.05) is 0 Å². The smallest absolute Gasteiger partial charge is 0.168 e. The minimum Gasteiger partial charge on any atom is -0.385 e. The van der Waals surface area contributed by atoms with Gasteiger partial charge in [-0.25, -0.2) is 4.98 Å². The molecule has 1 aromatic heterocycles. The minimum absolute atomic E-state index is 0.0857. The summed E-state index contributed by atoms with van der Waals surface area (Å²) >= 11 is 1.46. The van der Waals surface area contributed by atoms with Crippen molar-refractivity contribution < 1.29 is 9.90 Å². The molecule has 3 nitrogen and oxygen atoms in total. The summed E-state index contributed by atoms with van der Waals surface area (Å²) < 4.78 is 0. The molecule has 1 aromatic rings. The number of aliphatic hydroxyl groups excluding tert-OH is 1. The number of nitrogens with zero attached hydrogens (tertiary/aromatic N) is 1. The first-order valence-corrected chi connectivity index (χ1v) is 5.24. The fourth-order valence-electron chi connectivity index (χ4n) is 1.27. The molecule has 0 spiro atoms. The highest BCUT2D eigenvalue weighted by Gasteiger charge is 2.34. The molecule has 1 saturated carbocycles. The molecule has 1 heterocycles. The van der Waals surface area contributed by atoms with E-state index < -0.39 is 6.10 Å². The average molecular weight is 197 g/mol. The molecule has 0 aromatic carbocycles. The number of hydrogen-bond acceptors (Lipinski definition) is 4. The maximum atomic E-state index is 11.4. The molecule has 0 radical (unpaired) electrons. The first-order chi connectivity index (χ1) is 6.27. The number of carbonyl (C=O) groups excluding carboxylic acids is 1. The molecule has 4 heteroatoms. The van der Waals surface area contributed by atoms with Gasteiger partial charge in [0, 0.05) is 11.6 Å². The lowest BCUT2D eigenvalue weighted by Crippen LogP contribution is -2.24. The van der Waals surface area contributed by atoms with E-state index in [9.17, 15) is 9.90 Å². The minimum atomic E-state index is -0.746. The van der Waals surface area contributed by atoms with Crippen molar-refractivity contribution in [3.8, 4) is 0 Å². The summed E-state index contributed by atoms with van der Waals surface area (Å²) in [5.41, 5.74) is 0. The zero-order valence-electron chi connectivity index (χ0n) is 7.14. The second-order valence-electron chi connectivity index (χ2n) is 3.35. The third kappa shape index (κ3) is 2.14. The summed E-state index contributed by atoms with van der Waals surface area (Å²) in [6.45, 7) is 0. The van der Waals surface area contributed by atoms with Crippen LogP contribution in [0.1, 0.15) is 17.8 Å². The molecule has 13 heavy (non-hydrogen) atoms. The van der Waals surface area contributed by atoms with Crippen LogP contribution >= 0.6 is 11.3 Å². The maximum absolute atomic E-state index is 11.4. The van der Waals surface area contributed by atoms with Crippen molar-refractivity contribution >= 4 is 17.1 Å². The third-order valence-electron chi connectivity index (χ3n) is 2.21. The van der Waals surface area contributed by atoms with Gasteiger partial charge in [0.25, 0.3) is 0 Å². The molecule has 0 amide bonds. The van der Waals surface area contributed by atoms with Crippen molar-refractivity contribution in [1.82, 2.24) is 4.98 Å². The predicted molar refractivity (Wildman–Crippen MR) is 49.6 cm³/mol. The van der Waals surface area contributed by atoms with E-state index in [1.54, 1.807) is 6.20 Å². The number of thiazole rings is 1. The summed E-state index contributed by atoms with van der Waals surface area (Å²) in [5, 5.41) is 12.1. The van der Waals surface area contributed by atoms with E-state index in [0.29, 0.717) is 0 Å². The molecule has 2 rings (SSSR count). The van der Waals surface area contributed by atoms with E-state index in [4.69, 9.17) is 0 Å². The van der Waals surface area contributed by atoms with Gasteiger partial charge >= 0.3 is 0 Å². The van der Waals surface area contributed by atoms with Gasteiger partial charge in [-0.1, -0.05) is 0 Å². The van der Waals surface area contributed by atoms with Crippen LogP contribution in [0.15, 0.2) is 11.6 Å². The number of Topliss-reactive ketones (excluding diaryl/α,β-unsaturated/α-hetero) is 1. The van der Waals surface area contributed by atoms with Crippen LogP contribution in [-0.2, 0) is 11.2 Å². The number of hydrogen-bond donors (Lipinski definition) is 1. The van der Waals surface area contributed by atoms with Crippen LogP contribution in [0.5, 0.6) is 0 Å². The fraction of sp³-hybridized carbons (Fsp3) is 0.556. The highest BCUT2D eigenvalue weighted by molar-refractivity contribution is 7.09. The highest BCUT2D eigenvalue weighted by atomic mass is 32.1. The Morgan fingerprint density at radius 3 is 3.08 bits per heavy atom. The monoisotopic (exact) mass is 197 g/mol. The average Bonchev–Trinajstić information content (AvgIpc) is 2.85. The zero-order chi connectivity index (χ0) is 9.26. The summed E-state index contributed by atoms with van der Waals surface area (Å²) in [7, 11) is 0. The molecule has 0 saturated heterocycles. The Balaban J connectivity index is 1.90. The quantitative estimate of drug-likeness (QED) is 0.784. The van der Waals surface area contributed by atoms with Crippen LogP contribution in [0.25, 0.3) is 0 Å². The Bertz CT molecular complexity index is 293. The summed E-state index contributed by atoms with van der Waals surface area (Å²) in [6, 6.07) is 0. The standard InChI is InChI=1S/C9H11NO2S/c11-7(9(12)6-1-2-6)5-8-10-3-4-13-8/h3-4,6,9,12H,1-2,5H2. The Morgan fingerprint density at radius 1 is 1.77 bits per heavy atom. The molecule has 0 bridgehead atoms. The third-order valence-corrected chi connectivity index (χ3v) is 2.99. The molecule has 70 valence electrons. The zero-order valence-corrected chi connectivity index (χ0v) is 7.96. The fourth-order valence-corrected chi connectivity index (χ4v) is 1.89. The predicted octanol–water partition coefficient (Wildman–Crippen LogP) is 1.03. The number of rotatable bonds is 4. The number of carbonyl (C=O) groups is 1. The largest absolute Gasteiger partial charge is 0.385 e. The van der Waals surface area contributed by atoms with Gasteiger partial charge < -0.3 is 5.11 Å². The molecule has 1 fully saturated rings. The van der Waals surface area contributed by atoms with Crippen LogP contribution < -0.4 is 0 Å². The summed E-state index contributed by atoms with van der Waals surface area (Å²) in [5.74, 6) is 0.143. The van der Waals surface area contributed by atoms with Crippen LogP contribution in [0.3, 0.4) is 0 Å². The van der Waals surface area contributed by atoms with Gasteiger partial charge in [-0.3, -0.25) is 4.79 Å². The summed E-state index contributed by atoms with van der Waals surface area (Å²) in [4.78, 5) is 15.4. The molecule has 1 atom stereocenters. The number of aliphatic hydroxyl groups is 1. The molecule has 0 aliphatic heterocycles. The Kier molecular flexibility index (Phi) is 2.42. The van der Waals surface area contributed by atoms with E-state index in [1.165, 1.54) is 11.3 Å². The van der Waals surface area contributed by atoms with Gasteiger partial charge in [0.05, 0.1) is 11.4 Å². The van der Waals surface area contributed by atoms with Crippen molar-refractivity contribution in [1.29, 1.82) is 0 Å². The van der Waals surface area contributed by atoms with Crippen molar-refractivity contribution in [3.05, 3.63) is 16.6 Å². The van der Waals surface area contributed by atoms with Gasteiger partial charge in [0.2, 0.25) is 0 Å². The van der Waals surface area contributed by atoms with E-state index in [0.717, 1.165) is 17.8 Å². The lowest BCUT2D eigenvalue weighted by Gasteiger charge is -2.05. The lowest BCUT2D eigenvalue weighted by molar-refractivity contribution is -0.127. The molecule has 1 aliphatic carbocycles. The molecular weight excluding hydrogens is 186 g/mol. The van der Waals surface area contributed by atoms with E-state index in [2.05, 4.69) is 4.98 Å². The SMILES string of the molecule is O=C(Cc1nccs1)C(O)C1CC1. The van der Waals surface area contributed by atoms with Crippen LogP contribution in [0.2, 0.25) is 0 Å². The number of ketones is 1. The van der Waals surface area contributed by atoms with Gasteiger partial charge in [-0.2, -0.15) is 0 Å². The van der Waals surface area contributed by atoms with E-state index in [-0.39, 0.29) is 18.1 Å². The van der Waals surface area contributed by atoms with Gasteiger partial charge in [0.1, 0.15) is 6.10 Å². The second kappa shape index (κ2) is 3.55. The normalized spacial score (nSPS) is 18.5. The van der Waals surface area contributed by atoms with Crippen LogP contribution in [-0.4, -0.2) is 22.0 Å². The van der Waals surface area contributed by atoms with Crippen LogP contribution in [0.4, 0.5) is 0 Å². The first-order valence-electron chi connectivity index (χ1n) is 4.36. The number of aromatic nitrogens is 1. The Morgan fingerprint density at radius 2 is 2.54 bits per heavy atom. The lowest BCUT2D eigenvalue weighted by atomic mass is 10.1. The van der Waals surface area contributed by atoms with Crippen molar-refractivity contribution in [2.45, 2.75) is 25.4 Å². The van der Waals surface area contributed by atoms with Gasteiger partial charge in [0.15, 0.2) is 5.78 Å². The maximum Gasteiger partial charge on any atom is 0.168 e. The summed E-state index contributed by atoms with van der Waals surface area (Å²) in [6.07, 6.45) is 3.20. The van der Waals surface area contributed by atoms with Gasteiger partial charge in [-0.05, 0) is 18.8 Å². The molecule has 1 N–H and O–H groups in total. The van der Waals surface area contributed by atoms with E-state index in [1.807, 2.05) is 5.38 Å².